The molecule has 0 bridgehead atoms. The van der Waals surface area contributed by atoms with Crippen LogP contribution >= 0.6 is 0 Å². The maximum absolute atomic E-state index is 8.10. The SMILES string of the molecule is C[C@@H](CN=[N+]=[N-])c1ccccn1. The van der Waals surface area contributed by atoms with Gasteiger partial charge in [0, 0.05) is 29.3 Å². The molecule has 0 spiro atoms. The molecule has 12 heavy (non-hydrogen) atoms. The molecular formula is C8H10N4. The van der Waals surface area contributed by atoms with Gasteiger partial charge in [0.05, 0.1) is 0 Å². The van der Waals surface area contributed by atoms with Crippen molar-refractivity contribution in [1.82, 2.24) is 4.98 Å². The monoisotopic (exact) mass is 162 g/mol. The Morgan fingerprint density at radius 2 is 2.50 bits per heavy atom. The Balaban J connectivity index is 2.65. The summed E-state index contributed by atoms with van der Waals surface area (Å²) in [5, 5.41) is 3.49. The predicted octanol–water partition coefficient (Wildman–Crippen LogP) is 2.50. The zero-order valence-electron chi connectivity index (χ0n) is 6.88. The second-order valence-electron chi connectivity index (χ2n) is 2.57. The fourth-order valence-corrected chi connectivity index (χ4v) is 0.920. The molecule has 0 amide bonds. The van der Waals surface area contributed by atoms with Gasteiger partial charge in [-0.25, -0.2) is 0 Å². The van der Waals surface area contributed by atoms with Gasteiger partial charge in [0.15, 0.2) is 0 Å². The number of azide groups is 1. The molecule has 0 radical (unpaired) electrons. The molecule has 1 aromatic rings. The van der Waals surface area contributed by atoms with Crippen LogP contribution in [0.15, 0.2) is 29.5 Å². The van der Waals surface area contributed by atoms with Crippen LogP contribution < -0.4 is 0 Å². The summed E-state index contributed by atoms with van der Waals surface area (Å²) in [4.78, 5) is 6.85. The first-order chi connectivity index (χ1) is 5.84. The fourth-order valence-electron chi connectivity index (χ4n) is 0.920. The molecule has 4 heteroatoms. The minimum absolute atomic E-state index is 0.196. The summed E-state index contributed by atoms with van der Waals surface area (Å²) in [6.45, 7) is 2.45. The van der Waals surface area contributed by atoms with Crippen molar-refractivity contribution in [2.45, 2.75) is 12.8 Å². The van der Waals surface area contributed by atoms with Crippen LogP contribution in [-0.4, -0.2) is 11.5 Å². The van der Waals surface area contributed by atoms with E-state index < -0.39 is 0 Å². The molecule has 0 unspecified atom stereocenters. The van der Waals surface area contributed by atoms with E-state index in [9.17, 15) is 0 Å². The quantitative estimate of drug-likeness (QED) is 0.382. The zero-order chi connectivity index (χ0) is 8.81. The molecule has 62 valence electrons. The van der Waals surface area contributed by atoms with Gasteiger partial charge in [-0.2, -0.15) is 0 Å². The van der Waals surface area contributed by atoms with Gasteiger partial charge in [-0.15, -0.1) is 0 Å². The van der Waals surface area contributed by atoms with Crippen LogP contribution in [0.5, 0.6) is 0 Å². The molecule has 1 aromatic heterocycles. The third-order valence-electron chi connectivity index (χ3n) is 1.61. The lowest BCUT2D eigenvalue weighted by Crippen LogP contribution is -1.98. The topological polar surface area (TPSA) is 61.7 Å². The highest BCUT2D eigenvalue weighted by molar-refractivity contribution is 5.08. The third-order valence-corrected chi connectivity index (χ3v) is 1.61. The Morgan fingerprint density at radius 3 is 3.08 bits per heavy atom. The minimum atomic E-state index is 0.196. The Kier molecular flexibility index (Phi) is 3.11. The summed E-state index contributed by atoms with van der Waals surface area (Å²) >= 11 is 0. The molecule has 4 nitrogen and oxygen atoms in total. The van der Waals surface area contributed by atoms with Crippen LogP contribution in [-0.2, 0) is 0 Å². The molecule has 0 fully saturated rings. The van der Waals surface area contributed by atoms with Crippen molar-refractivity contribution in [3.8, 4) is 0 Å². The number of hydrogen-bond acceptors (Lipinski definition) is 2. The van der Waals surface area contributed by atoms with E-state index in [-0.39, 0.29) is 5.92 Å². The maximum atomic E-state index is 8.10. The summed E-state index contributed by atoms with van der Waals surface area (Å²) in [6.07, 6.45) is 1.74. The van der Waals surface area contributed by atoms with E-state index in [2.05, 4.69) is 15.0 Å². The normalized spacial score (nSPS) is 11.8. The van der Waals surface area contributed by atoms with Crippen LogP contribution in [0.2, 0.25) is 0 Å². The first-order valence-electron chi connectivity index (χ1n) is 3.76. The van der Waals surface area contributed by atoms with Gasteiger partial charge in [0.2, 0.25) is 0 Å². The summed E-state index contributed by atoms with van der Waals surface area (Å²) in [5.74, 6) is 0.196. The van der Waals surface area contributed by atoms with E-state index in [1.165, 1.54) is 0 Å². The van der Waals surface area contributed by atoms with Gasteiger partial charge >= 0.3 is 0 Å². The van der Waals surface area contributed by atoms with Crippen LogP contribution in [0, 0.1) is 0 Å². The van der Waals surface area contributed by atoms with Crippen molar-refractivity contribution in [1.29, 1.82) is 0 Å². The molecule has 1 heterocycles. The highest BCUT2D eigenvalue weighted by Crippen LogP contribution is 2.11. The summed E-state index contributed by atoms with van der Waals surface area (Å²) < 4.78 is 0. The van der Waals surface area contributed by atoms with Gasteiger partial charge in [0.25, 0.3) is 0 Å². The number of pyridine rings is 1. The van der Waals surface area contributed by atoms with Gasteiger partial charge in [0.1, 0.15) is 0 Å². The average Bonchev–Trinajstić information content (AvgIpc) is 2.15. The van der Waals surface area contributed by atoms with Crippen molar-refractivity contribution in [2.24, 2.45) is 5.11 Å². The molecule has 0 saturated heterocycles. The average molecular weight is 162 g/mol. The van der Waals surface area contributed by atoms with Gasteiger partial charge in [-0.3, -0.25) is 4.98 Å². The van der Waals surface area contributed by atoms with Crippen molar-refractivity contribution in [3.63, 3.8) is 0 Å². The molecular weight excluding hydrogens is 152 g/mol. The zero-order valence-corrected chi connectivity index (χ0v) is 6.88. The summed E-state index contributed by atoms with van der Waals surface area (Å²) in [5.41, 5.74) is 9.06. The van der Waals surface area contributed by atoms with Crippen LogP contribution in [0.4, 0.5) is 0 Å². The van der Waals surface area contributed by atoms with Crippen molar-refractivity contribution in [2.75, 3.05) is 6.54 Å². The summed E-state index contributed by atoms with van der Waals surface area (Å²) in [6, 6.07) is 5.72. The van der Waals surface area contributed by atoms with Gasteiger partial charge < -0.3 is 0 Å². The van der Waals surface area contributed by atoms with E-state index in [1.807, 2.05) is 25.1 Å². The Bertz CT molecular complexity index is 276. The lowest BCUT2D eigenvalue weighted by Gasteiger charge is -2.05. The fraction of sp³-hybridized carbons (Fsp3) is 0.375. The number of aromatic nitrogens is 1. The van der Waals surface area contributed by atoms with E-state index in [0.29, 0.717) is 6.54 Å². The Morgan fingerprint density at radius 1 is 1.67 bits per heavy atom. The van der Waals surface area contributed by atoms with E-state index in [1.54, 1.807) is 6.20 Å². The second kappa shape index (κ2) is 4.36. The smallest absolute Gasteiger partial charge is 0.0433 e. The van der Waals surface area contributed by atoms with E-state index >= 15 is 0 Å². The van der Waals surface area contributed by atoms with Crippen LogP contribution in [0.25, 0.3) is 10.4 Å². The molecule has 0 aromatic carbocycles. The summed E-state index contributed by atoms with van der Waals surface area (Å²) in [7, 11) is 0. The van der Waals surface area contributed by atoms with Crippen molar-refractivity contribution < 1.29 is 0 Å². The Labute approximate surface area is 70.9 Å². The number of rotatable bonds is 3. The number of hydrogen-bond donors (Lipinski definition) is 0. The molecule has 1 atom stereocenters. The van der Waals surface area contributed by atoms with Gasteiger partial charge in [-0.1, -0.05) is 18.1 Å². The second-order valence-corrected chi connectivity index (χ2v) is 2.57. The Hall–Kier alpha value is -1.54. The molecule has 0 aliphatic rings. The van der Waals surface area contributed by atoms with E-state index in [4.69, 9.17) is 5.53 Å². The first kappa shape index (κ1) is 8.56. The van der Waals surface area contributed by atoms with Crippen molar-refractivity contribution in [3.05, 3.63) is 40.5 Å². The molecule has 0 N–H and O–H groups in total. The standard InChI is InChI=1S/C8H10N4/c1-7(6-11-12-9)8-4-2-3-5-10-8/h2-5,7H,6H2,1H3/t7-/m0/s1. The van der Waals surface area contributed by atoms with E-state index in [0.717, 1.165) is 5.69 Å². The van der Waals surface area contributed by atoms with Crippen LogP contribution in [0.3, 0.4) is 0 Å². The molecule has 0 aliphatic carbocycles. The largest absolute Gasteiger partial charge is 0.261 e. The maximum Gasteiger partial charge on any atom is 0.0433 e. The molecule has 1 rings (SSSR count). The first-order valence-corrected chi connectivity index (χ1v) is 3.76. The minimum Gasteiger partial charge on any atom is -0.261 e. The third kappa shape index (κ3) is 2.25. The highest BCUT2D eigenvalue weighted by Gasteiger charge is 2.03. The molecule has 0 saturated carbocycles. The predicted molar refractivity (Wildman–Crippen MR) is 46.7 cm³/mol. The lowest BCUT2D eigenvalue weighted by molar-refractivity contribution is 0.741. The molecule has 0 aliphatic heterocycles. The van der Waals surface area contributed by atoms with Crippen molar-refractivity contribution >= 4 is 0 Å². The van der Waals surface area contributed by atoms with Crippen LogP contribution in [0.1, 0.15) is 18.5 Å². The number of nitrogens with zero attached hydrogens (tertiary/aromatic N) is 4. The highest BCUT2D eigenvalue weighted by atomic mass is 15.1. The lowest BCUT2D eigenvalue weighted by atomic mass is 10.1. The van der Waals surface area contributed by atoms with Gasteiger partial charge in [-0.05, 0) is 17.7 Å².